The number of amides is 2. The van der Waals surface area contributed by atoms with Gasteiger partial charge in [-0.1, -0.05) is 13.8 Å². The third kappa shape index (κ3) is 5.19. The van der Waals surface area contributed by atoms with Crippen LogP contribution in [0.2, 0.25) is 0 Å². The normalized spacial score (nSPS) is 14.0. The van der Waals surface area contributed by atoms with E-state index in [-0.39, 0.29) is 11.8 Å². The molecule has 1 saturated heterocycles. The number of hydrazine groups is 1. The number of thiocarbonyl (C=S) groups is 1. The molecule has 0 unspecified atom stereocenters. The molecule has 0 aromatic heterocycles. The molecule has 24 heavy (non-hydrogen) atoms. The lowest BCUT2D eigenvalue weighted by Gasteiger charge is -2.16. The molecule has 130 valence electrons. The van der Waals surface area contributed by atoms with E-state index in [1.54, 1.807) is 29.2 Å². The Bertz CT molecular complexity index is 601. The predicted molar refractivity (Wildman–Crippen MR) is 98.7 cm³/mol. The zero-order chi connectivity index (χ0) is 17.5. The van der Waals surface area contributed by atoms with Crippen molar-refractivity contribution in [1.82, 2.24) is 16.2 Å². The highest BCUT2D eigenvalue weighted by Crippen LogP contribution is 2.21. The minimum Gasteiger partial charge on any atom is -0.361 e. The first-order chi connectivity index (χ1) is 11.5. The molecule has 0 saturated carbocycles. The number of benzene rings is 1. The van der Waals surface area contributed by atoms with Gasteiger partial charge in [-0.3, -0.25) is 20.4 Å². The number of carbonyl (C=O) groups is 2. The van der Waals surface area contributed by atoms with Crippen molar-refractivity contribution < 1.29 is 9.59 Å². The molecule has 1 aromatic rings. The fourth-order valence-electron chi connectivity index (χ4n) is 2.42. The highest BCUT2D eigenvalue weighted by atomic mass is 32.1. The van der Waals surface area contributed by atoms with Crippen molar-refractivity contribution in [3.05, 3.63) is 29.8 Å². The van der Waals surface area contributed by atoms with E-state index in [4.69, 9.17) is 12.2 Å². The number of nitrogens with one attached hydrogen (secondary N) is 3. The van der Waals surface area contributed by atoms with E-state index in [0.717, 1.165) is 31.6 Å². The van der Waals surface area contributed by atoms with Crippen LogP contribution in [0.25, 0.3) is 0 Å². The van der Waals surface area contributed by atoms with Crippen LogP contribution in [0.3, 0.4) is 0 Å². The largest absolute Gasteiger partial charge is 0.361 e. The van der Waals surface area contributed by atoms with Gasteiger partial charge < -0.3 is 10.2 Å². The zero-order valence-corrected chi connectivity index (χ0v) is 14.9. The monoisotopic (exact) mass is 348 g/mol. The van der Waals surface area contributed by atoms with Gasteiger partial charge in [0, 0.05) is 30.8 Å². The standard InChI is InChI=1S/C17H24N4O2S/c1-12(2)9-10-18-17(24)20-19-16(23)13-5-7-14(8-6-13)21-11-3-4-15(21)22/h5-8,12H,3-4,9-11H2,1-2H3,(H,19,23)(H2,18,20,24). The van der Waals surface area contributed by atoms with E-state index in [9.17, 15) is 9.59 Å². The molecule has 2 rings (SSSR count). The number of hydrogen-bond acceptors (Lipinski definition) is 3. The molecule has 0 spiro atoms. The van der Waals surface area contributed by atoms with E-state index in [2.05, 4.69) is 30.0 Å². The van der Waals surface area contributed by atoms with Gasteiger partial charge in [-0.2, -0.15) is 0 Å². The Labute approximate surface area is 148 Å². The number of hydrogen-bond donors (Lipinski definition) is 3. The maximum Gasteiger partial charge on any atom is 0.269 e. The maximum absolute atomic E-state index is 12.1. The SMILES string of the molecule is CC(C)CCNC(=S)NNC(=O)c1ccc(N2CCCC2=O)cc1. The molecular weight excluding hydrogens is 324 g/mol. The first-order valence-electron chi connectivity index (χ1n) is 8.22. The second-order valence-corrected chi connectivity index (χ2v) is 6.62. The van der Waals surface area contributed by atoms with Crippen molar-refractivity contribution in [3.63, 3.8) is 0 Å². The van der Waals surface area contributed by atoms with Gasteiger partial charge in [-0.15, -0.1) is 0 Å². The van der Waals surface area contributed by atoms with Gasteiger partial charge in [-0.05, 0) is 55.2 Å². The zero-order valence-electron chi connectivity index (χ0n) is 14.1. The van der Waals surface area contributed by atoms with Gasteiger partial charge in [0.15, 0.2) is 5.11 Å². The topological polar surface area (TPSA) is 73.5 Å². The summed E-state index contributed by atoms with van der Waals surface area (Å²) in [5, 5.41) is 3.43. The lowest BCUT2D eigenvalue weighted by molar-refractivity contribution is -0.117. The van der Waals surface area contributed by atoms with Gasteiger partial charge in [0.1, 0.15) is 0 Å². The summed E-state index contributed by atoms with van der Waals surface area (Å²) in [6.07, 6.45) is 2.48. The molecule has 0 atom stereocenters. The van der Waals surface area contributed by atoms with Gasteiger partial charge >= 0.3 is 0 Å². The predicted octanol–water partition coefficient (Wildman–Crippen LogP) is 1.97. The molecule has 1 aliphatic rings. The van der Waals surface area contributed by atoms with Crippen LogP contribution in [0.4, 0.5) is 5.69 Å². The summed E-state index contributed by atoms with van der Waals surface area (Å²) in [5.74, 6) is 0.449. The van der Waals surface area contributed by atoms with Crippen molar-refractivity contribution >= 4 is 34.8 Å². The molecule has 0 aliphatic carbocycles. The summed E-state index contributed by atoms with van der Waals surface area (Å²) in [6.45, 7) is 5.78. The third-order valence-corrected chi connectivity index (χ3v) is 4.06. The minimum absolute atomic E-state index is 0.131. The molecule has 1 heterocycles. The number of nitrogens with zero attached hydrogens (tertiary/aromatic N) is 1. The maximum atomic E-state index is 12.1. The molecule has 7 heteroatoms. The molecular formula is C17H24N4O2S. The van der Waals surface area contributed by atoms with Gasteiger partial charge in [0.05, 0.1) is 0 Å². The smallest absolute Gasteiger partial charge is 0.269 e. The summed E-state index contributed by atoms with van der Waals surface area (Å²) in [6, 6.07) is 6.98. The van der Waals surface area contributed by atoms with E-state index in [1.165, 1.54) is 0 Å². The Morgan fingerprint density at radius 3 is 2.54 bits per heavy atom. The fourth-order valence-corrected chi connectivity index (χ4v) is 2.57. The van der Waals surface area contributed by atoms with E-state index in [1.807, 2.05) is 0 Å². The Morgan fingerprint density at radius 2 is 1.96 bits per heavy atom. The van der Waals surface area contributed by atoms with Gasteiger partial charge in [0.25, 0.3) is 5.91 Å². The molecule has 6 nitrogen and oxygen atoms in total. The van der Waals surface area contributed by atoms with Crippen LogP contribution in [-0.4, -0.2) is 30.0 Å². The first-order valence-corrected chi connectivity index (χ1v) is 8.63. The molecule has 0 bridgehead atoms. The number of anilines is 1. The Morgan fingerprint density at radius 1 is 1.25 bits per heavy atom. The number of carbonyl (C=O) groups excluding carboxylic acids is 2. The second kappa shape index (κ2) is 8.63. The summed E-state index contributed by atoms with van der Waals surface area (Å²) in [4.78, 5) is 25.5. The summed E-state index contributed by atoms with van der Waals surface area (Å²) in [5.41, 5.74) is 6.58. The van der Waals surface area contributed by atoms with Crippen molar-refractivity contribution in [2.75, 3.05) is 18.0 Å². The van der Waals surface area contributed by atoms with E-state index in [0.29, 0.717) is 23.0 Å². The lowest BCUT2D eigenvalue weighted by atomic mass is 10.1. The van der Waals surface area contributed by atoms with Crippen LogP contribution >= 0.6 is 12.2 Å². The third-order valence-electron chi connectivity index (χ3n) is 3.81. The van der Waals surface area contributed by atoms with E-state index >= 15 is 0 Å². The fraction of sp³-hybridized carbons (Fsp3) is 0.471. The van der Waals surface area contributed by atoms with Crippen molar-refractivity contribution in [1.29, 1.82) is 0 Å². The molecule has 0 radical (unpaired) electrons. The average Bonchev–Trinajstić information content (AvgIpc) is 2.98. The average molecular weight is 348 g/mol. The highest BCUT2D eigenvalue weighted by molar-refractivity contribution is 7.80. The van der Waals surface area contributed by atoms with Gasteiger partial charge in [-0.25, -0.2) is 0 Å². The van der Waals surface area contributed by atoms with Crippen molar-refractivity contribution in [3.8, 4) is 0 Å². The van der Waals surface area contributed by atoms with Crippen LogP contribution in [0.15, 0.2) is 24.3 Å². The first kappa shape index (κ1) is 18.2. The van der Waals surface area contributed by atoms with Crippen LogP contribution in [0.5, 0.6) is 0 Å². The Balaban J connectivity index is 1.80. The Hall–Kier alpha value is -2.15. The molecule has 1 aromatic carbocycles. The van der Waals surface area contributed by atoms with Crippen molar-refractivity contribution in [2.45, 2.75) is 33.1 Å². The molecule has 2 amide bonds. The summed E-state index contributed by atoms with van der Waals surface area (Å²) >= 11 is 5.10. The van der Waals surface area contributed by atoms with Crippen LogP contribution in [-0.2, 0) is 4.79 Å². The van der Waals surface area contributed by atoms with Crippen LogP contribution in [0, 0.1) is 5.92 Å². The highest BCUT2D eigenvalue weighted by Gasteiger charge is 2.21. The minimum atomic E-state index is -0.276. The molecule has 3 N–H and O–H groups in total. The Kier molecular flexibility index (Phi) is 6.54. The van der Waals surface area contributed by atoms with Gasteiger partial charge in [0.2, 0.25) is 5.91 Å². The summed E-state index contributed by atoms with van der Waals surface area (Å²) < 4.78 is 0. The number of rotatable bonds is 5. The van der Waals surface area contributed by atoms with E-state index < -0.39 is 0 Å². The molecule has 1 fully saturated rings. The van der Waals surface area contributed by atoms with Crippen LogP contribution in [0.1, 0.15) is 43.5 Å². The quantitative estimate of drug-likeness (QED) is 0.560. The lowest BCUT2D eigenvalue weighted by Crippen LogP contribution is -2.47. The second-order valence-electron chi connectivity index (χ2n) is 6.21. The molecule has 1 aliphatic heterocycles. The van der Waals surface area contributed by atoms with Crippen molar-refractivity contribution in [2.24, 2.45) is 5.92 Å². The summed E-state index contributed by atoms with van der Waals surface area (Å²) in [7, 11) is 0. The van der Waals surface area contributed by atoms with Crippen LogP contribution < -0.4 is 21.1 Å².